The van der Waals surface area contributed by atoms with Crippen LogP contribution in [0.25, 0.3) is 0 Å². The van der Waals surface area contributed by atoms with Crippen LogP contribution in [-0.2, 0) is 30.4 Å². The van der Waals surface area contributed by atoms with Gasteiger partial charge in [-0.25, -0.2) is 4.79 Å². The number of carbonyl (C=O) groups excluding carboxylic acids is 3. The third-order valence-corrected chi connectivity index (χ3v) is 5.75. The van der Waals surface area contributed by atoms with E-state index < -0.39 is 72.3 Å². The van der Waals surface area contributed by atoms with E-state index in [9.17, 15) is 34.2 Å². The molecule has 0 bridgehead atoms. The Labute approximate surface area is 209 Å². The Morgan fingerprint density at radius 3 is 1.97 bits per heavy atom. The van der Waals surface area contributed by atoms with Crippen LogP contribution in [0, 0.1) is 5.92 Å². The minimum absolute atomic E-state index is 0.188. The van der Waals surface area contributed by atoms with Gasteiger partial charge >= 0.3 is 11.9 Å². The van der Waals surface area contributed by atoms with Crippen molar-refractivity contribution in [3.63, 3.8) is 0 Å². The molecular formula is C24H36N4O8. The molecule has 12 nitrogen and oxygen atoms in total. The molecule has 1 aromatic rings. The largest absolute Gasteiger partial charge is 0.481 e. The van der Waals surface area contributed by atoms with Crippen LogP contribution in [0.5, 0.6) is 0 Å². The summed E-state index contributed by atoms with van der Waals surface area (Å²) >= 11 is 0. The highest BCUT2D eigenvalue weighted by Crippen LogP contribution is 2.11. The monoisotopic (exact) mass is 508 g/mol. The van der Waals surface area contributed by atoms with Gasteiger partial charge in [-0.05, 0) is 31.2 Å². The Bertz CT molecular complexity index is 909. The summed E-state index contributed by atoms with van der Waals surface area (Å²) in [6.07, 6.45) is -1.47. The first-order valence-corrected chi connectivity index (χ1v) is 11.7. The summed E-state index contributed by atoms with van der Waals surface area (Å²) in [5, 5.41) is 35.1. The molecule has 1 rings (SSSR count). The topological polar surface area (TPSA) is 208 Å². The van der Waals surface area contributed by atoms with Crippen LogP contribution in [0.2, 0.25) is 0 Å². The van der Waals surface area contributed by atoms with Gasteiger partial charge in [0, 0.05) is 6.42 Å². The summed E-state index contributed by atoms with van der Waals surface area (Å²) in [4.78, 5) is 61.0. The number of nitrogens with two attached hydrogens (primary N) is 1. The van der Waals surface area contributed by atoms with E-state index in [-0.39, 0.29) is 12.8 Å². The summed E-state index contributed by atoms with van der Waals surface area (Å²) < 4.78 is 0. The average Bonchev–Trinajstić information content (AvgIpc) is 2.82. The van der Waals surface area contributed by atoms with Gasteiger partial charge < -0.3 is 37.0 Å². The maximum atomic E-state index is 13.1. The molecule has 0 heterocycles. The summed E-state index contributed by atoms with van der Waals surface area (Å²) in [7, 11) is 0. The Morgan fingerprint density at radius 2 is 1.47 bits per heavy atom. The molecule has 8 N–H and O–H groups in total. The maximum Gasteiger partial charge on any atom is 0.328 e. The molecule has 0 saturated heterocycles. The third-order valence-electron chi connectivity index (χ3n) is 5.75. The smallest absolute Gasteiger partial charge is 0.328 e. The van der Waals surface area contributed by atoms with Gasteiger partial charge in [-0.1, -0.05) is 50.6 Å². The molecular weight excluding hydrogens is 472 g/mol. The second-order valence-electron chi connectivity index (χ2n) is 8.73. The first-order valence-electron chi connectivity index (χ1n) is 11.7. The van der Waals surface area contributed by atoms with Crippen molar-refractivity contribution in [1.82, 2.24) is 16.0 Å². The molecule has 0 aliphatic rings. The highest BCUT2D eigenvalue weighted by atomic mass is 16.4. The van der Waals surface area contributed by atoms with Crippen molar-refractivity contribution in [2.75, 3.05) is 0 Å². The second-order valence-corrected chi connectivity index (χ2v) is 8.73. The molecule has 0 fully saturated rings. The fourth-order valence-electron chi connectivity index (χ4n) is 3.36. The van der Waals surface area contributed by atoms with E-state index in [1.165, 1.54) is 6.92 Å². The van der Waals surface area contributed by atoms with Gasteiger partial charge in [0.1, 0.15) is 12.1 Å². The molecule has 0 radical (unpaired) electrons. The van der Waals surface area contributed by atoms with Crippen LogP contribution in [-0.4, -0.2) is 75.3 Å². The molecule has 6 atom stereocenters. The number of carboxylic acids is 2. The Balaban J connectivity index is 3.02. The second kappa shape index (κ2) is 14.8. The van der Waals surface area contributed by atoms with Crippen molar-refractivity contribution >= 4 is 29.7 Å². The number of aliphatic carboxylic acids is 2. The van der Waals surface area contributed by atoms with Gasteiger partial charge in [-0.3, -0.25) is 19.2 Å². The minimum atomic E-state index is -1.60. The van der Waals surface area contributed by atoms with Crippen LogP contribution in [0.4, 0.5) is 0 Å². The van der Waals surface area contributed by atoms with Crippen LogP contribution >= 0.6 is 0 Å². The van der Waals surface area contributed by atoms with Crippen molar-refractivity contribution in [2.45, 2.75) is 76.7 Å². The van der Waals surface area contributed by atoms with Crippen LogP contribution in [0.3, 0.4) is 0 Å². The van der Waals surface area contributed by atoms with Gasteiger partial charge in [0.05, 0.1) is 12.1 Å². The van der Waals surface area contributed by atoms with Crippen molar-refractivity contribution < 1.29 is 39.3 Å². The molecule has 3 amide bonds. The standard InChI is InChI=1S/C24H36N4O8/c1-4-13(2)19(23(34)28-20(14(3)29)24(35)36)27-22(33)17(10-11-18(30)31)26-21(32)16(25)12-15-8-6-5-7-9-15/h5-9,13-14,16-17,19-20,29H,4,10-12,25H2,1-3H3,(H,26,32)(H,27,33)(H,28,34)(H,30,31)(H,35,36). The van der Waals surface area contributed by atoms with Crippen molar-refractivity contribution in [2.24, 2.45) is 11.7 Å². The number of aliphatic hydroxyl groups is 1. The van der Waals surface area contributed by atoms with E-state index in [0.717, 1.165) is 5.56 Å². The van der Waals surface area contributed by atoms with Gasteiger partial charge in [0.15, 0.2) is 6.04 Å². The number of rotatable bonds is 15. The maximum absolute atomic E-state index is 13.1. The molecule has 0 aliphatic carbocycles. The quantitative estimate of drug-likeness (QED) is 0.161. The first kappa shape index (κ1) is 30.5. The van der Waals surface area contributed by atoms with Crippen molar-refractivity contribution in [3.05, 3.63) is 35.9 Å². The van der Waals surface area contributed by atoms with E-state index in [1.54, 1.807) is 38.1 Å². The molecule has 200 valence electrons. The molecule has 12 heteroatoms. The Hall–Kier alpha value is -3.51. The number of carboxylic acid groups (broad SMARTS) is 2. The number of amides is 3. The minimum Gasteiger partial charge on any atom is -0.481 e. The van der Waals surface area contributed by atoms with E-state index in [2.05, 4.69) is 16.0 Å². The lowest BCUT2D eigenvalue weighted by molar-refractivity contribution is -0.145. The number of nitrogens with one attached hydrogen (secondary N) is 3. The summed E-state index contributed by atoms with van der Waals surface area (Å²) in [6, 6.07) is 3.84. The number of hydrogen-bond acceptors (Lipinski definition) is 7. The molecule has 36 heavy (non-hydrogen) atoms. The third kappa shape index (κ3) is 10.0. The van der Waals surface area contributed by atoms with Gasteiger partial charge in [0.25, 0.3) is 0 Å². The van der Waals surface area contributed by atoms with E-state index >= 15 is 0 Å². The molecule has 6 unspecified atom stereocenters. The zero-order chi connectivity index (χ0) is 27.4. The highest BCUT2D eigenvalue weighted by molar-refractivity contribution is 5.94. The predicted octanol–water partition coefficient (Wildman–Crippen LogP) is -0.613. The van der Waals surface area contributed by atoms with Gasteiger partial charge in [-0.2, -0.15) is 0 Å². The van der Waals surface area contributed by atoms with Gasteiger partial charge in [-0.15, -0.1) is 0 Å². The predicted molar refractivity (Wildman–Crippen MR) is 130 cm³/mol. The number of carbonyl (C=O) groups is 5. The SMILES string of the molecule is CCC(C)C(NC(=O)C(CCC(=O)O)NC(=O)C(N)Cc1ccccc1)C(=O)NC(C(=O)O)C(C)O. The fraction of sp³-hybridized carbons (Fsp3) is 0.542. The zero-order valence-electron chi connectivity index (χ0n) is 20.6. The summed E-state index contributed by atoms with van der Waals surface area (Å²) in [6.45, 7) is 4.61. The normalized spacial score (nSPS) is 15.9. The van der Waals surface area contributed by atoms with Crippen LogP contribution in [0.1, 0.15) is 45.6 Å². The Kier molecular flexibility index (Phi) is 12.5. The lowest BCUT2D eigenvalue weighted by atomic mass is 9.96. The van der Waals surface area contributed by atoms with E-state index in [1.807, 2.05) is 6.07 Å². The molecule has 0 aromatic heterocycles. The van der Waals surface area contributed by atoms with Gasteiger partial charge in [0.2, 0.25) is 17.7 Å². The molecule has 1 aromatic carbocycles. The van der Waals surface area contributed by atoms with E-state index in [0.29, 0.717) is 6.42 Å². The van der Waals surface area contributed by atoms with Crippen LogP contribution < -0.4 is 21.7 Å². The molecule has 0 saturated carbocycles. The lowest BCUT2D eigenvalue weighted by Crippen LogP contribution is -2.59. The lowest BCUT2D eigenvalue weighted by Gasteiger charge is -2.28. The molecule has 0 aliphatic heterocycles. The number of hydrogen-bond donors (Lipinski definition) is 7. The summed E-state index contributed by atoms with van der Waals surface area (Å²) in [5.41, 5.74) is 6.78. The molecule has 0 spiro atoms. The number of aliphatic hydroxyl groups excluding tert-OH is 1. The van der Waals surface area contributed by atoms with Crippen LogP contribution in [0.15, 0.2) is 30.3 Å². The Morgan fingerprint density at radius 1 is 0.889 bits per heavy atom. The van der Waals surface area contributed by atoms with Crippen molar-refractivity contribution in [3.8, 4) is 0 Å². The fourth-order valence-corrected chi connectivity index (χ4v) is 3.36. The van der Waals surface area contributed by atoms with E-state index in [4.69, 9.17) is 10.8 Å². The highest BCUT2D eigenvalue weighted by Gasteiger charge is 2.34. The average molecular weight is 509 g/mol. The zero-order valence-corrected chi connectivity index (χ0v) is 20.6. The summed E-state index contributed by atoms with van der Waals surface area (Å²) in [5.74, 6) is -5.42. The first-order chi connectivity index (χ1) is 16.9. The number of benzene rings is 1. The van der Waals surface area contributed by atoms with Crippen molar-refractivity contribution in [1.29, 1.82) is 0 Å².